The van der Waals surface area contributed by atoms with Gasteiger partial charge in [-0.1, -0.05) is 12.1 Å². The van der Waals surface area contributed by atoms with Gasteiger partial charge in [0.25, 0.3) is 0 Å². The maximum Gasteiger partial charge on any atom is 0.316 e. The summed E-state index contributed by atoms with van der Waals surface area (Å²) in [6.07, 6.45) is 4.88. The normalized spacial score (nSPS) is 9.75. The average Bonchev–Trinajstić information content (AvgIpc) is 2.30. The molecule has 0 aliphatic carbocycles. The van der Waals surface area contributed by atoms with Gasteiger partial charge in [0.15, 0.2) is 0 Å². The maximum absolute atomic E-state index is 10.7. The molecule has 0 spiro atoms. The third kappa shape index (κ3) is 2.33. The van der Waals surface area contributed by atoms with Crippen LogP contribution in [0.4, 0.5) is 10.5 Å². The van der Waals surface area contributed by atoms with E-state index in [-0.39, 0.29) is 0 Å². The Kier molecular flexibility index (Phi) is 2.77. The maximum atomic E-state index is 10.7. The molecular formula is C11H10N4O. The largest absolute Gasteiger partial charge is 0.351 e. The van der Waals surface area contributed by atoms with Gasteiger partial charge in [0, 0.05) is 23.6 Å². The SMILES string of the molecule is NC(=O)Nc1cccc(-c2cnccn2)c1. The van der Waals surface area contributed by atoms with Crippen molar-refractivity contribution in [2.24, 2.45) is 5.73 Å². The van der Waals surface area contributed by atoms with Gasteiger partial charge >= 0.3 is 6.03 Å². The lowest BCUT2D eigenvalue weighted by molar-refractivity contribution is 0.259. The standard InChI is InChI=1S/C11H10N4O/c12-11(16)15-9-3-1-2-8(6-9)10-7-13-4-5-14-10/h1-7H,(H3,12,15,16). The minimum absolute atomic E-state index is 0.587. The molecular weight excluding hydrogens is 204 g/mol. The number of hydrogen-bond acceptors (Lipinski definition) is 3. The number of nitrogens with two attached hydrogens (primary N) is 1. The van der Waals surface area contributed by atoms with E-state index in [0.717, 1.165) is 11.3 Å². The predicted molar refractivity (Wildman–Crippen MR) is 60.7 cm³/mol. The van der Waals surface area contributed by atoms with E-state index in [0.29, 0.717) is 5.69 Å². The van der Waals surface area contributed by atoms with Crippen molar-refractivity contribution >= 4 is 11.7 Å². The highest BCUT2D eigenvalue weighted by Crippen LogP contribution is 2.19. The molecule has 0 radical (unpaired) electrons. The van der Waals surface area contributed by atoms with E-state index in [2.05, 4.69) is 15.3 Å². The van der Waals surface area contributed by atoms with E-state index in [1.54, 1.807) is 30.7 Å². The second-order valence-electron chi connectivity index (χ2n) is 3.16. The molecule has 2 amide bonds. The van der Waals surface area contributed by atoms with Crippen molar-refractivity contribution in [2.75, 3.05) is 5.32 Å². The third-order valence-corrected chi connectivity index (χ3v) is 1.99. The van der Waals surface area contributed by atoms with Gasteiger partial charge < -0.3 is 11.1 Å². The number of nitrogens with zero attached hydrogens (tertiary/aromatic N) is 2. The van der Waals surface area contributed by atoms with Crippen LogP contribution >= 0.6 is 0 Å². The van der Waals surface area contributed by atoms with Crippen molar-refractivity contribution in [1.82, 2.24) is 9.97 Å². The minimum atomic E-state index is -0.587. The lowest BCUT2D eigenvalue weighted by atomic mass is 10.1. The van der Waals surface area contributed by atoms with Crippen LogP contribution in [0.25, 0.3) is 11.3 Å². The van der Waals surface area contributed by atoms with Crippen LogP contribution < -0.4 is 11.1 Å². The second-order valence-corrected chi connectivity index (χ2v) is 3.16. The van der Waals surface area contributed by atoms with Gasteiger partial charge in [0.1, 0.15) is 0 Å². The molecule has 1 aromatic heterocycles. The quantitative estimate of drug-likeness (QED) is 0.797. The number of carbonyl (C=O) groups excluding carboxylic acids is 1. The van der Waals surface area contributed by atoms with Crippen LogP contribution in [-0.2, 0) is 0 Å². The van der Waals surface area contributed by atoms with Crippen LogP contribution in [-0.4, -0.2) is 16.0 Å². The molecule has 0 saturated heterocycles. The molecule has 2 rings (SSSR count). The fourth-order valence-corrected chi connectivity index (χ4v) is 1.35. The first-order valence-electron chi connectivity index (χ1n) is 4.68. The van der Waals surface area contributed by atoms with Gasteiger partial charge in [-0.05, 0) is 12.1 Å². The summed E-state index contributed by atoms with van der Waals surface area (Å²) in [4.78, 5) is 18.8. The van der Waals surface area contributed by atoms with E-state index in [1.807, 2.05) is 12.1 Å². The molecule has 0 aliphatic heterocycles. The predicted octanol–water partition coefficient (Wildman–Crippen LogP) is 1.63. The lowest BCUT2D eigenvalue weighted by Crippen LogP contribution is -2.19. The molecule has 0 fully saturated rings. The van der Waals surface area contributed by atoms with Gasteiger partial charge in [-0.3, -0.25) is 9.97 Å². The Morgan fingerprint density at radius 1 is 1.31 bits per heavy atom. The molecule has 0 aliphatic rings. The highest BCUT2D eigenvalue weighted by atomic mass is 16.2. The molecule has 5 nitrogen and oxygen atoms in total. The number of rotatable bonds is 2. The first kappa shape index (κ1) is 10.1. The first-order valence-corrected chi connectivity index (χ1v) is 4.68. The van der Waals surface area contributed by atoms with Crippen molar-refractivity contribution in [3.63, 3.8) is 0 Å². The molecule has 16 heavy (non-hydrogen) atoms. The smallest absolute Gasteiger partial charge is 0.316 e. The van der Waals surface area contributed by atoms with Crippen LogP contribution in [0.2, 0.25) is 0 Å². The Bertz CT molecular complexity index is 498. The summed E-state index contributed by atoms with van der Waals surface area (Å²) in [6, 6.07) is 6.65. The number of benzene rings is 1. The Labute approximate surface area is 92.3 Å². The Balaban J connectivity index is 2.33. The lowest BCUT2D eigenvalue weighted by Gasteiger charge is -2.04. The molecule has 80 valence electrons. The molecule has 0 saturated carbocycles. The highest BCUT2D eigenvalue weighted by molar-refractivity contribution is 5.88. The van der Waals surface area contributed by atoms with Crippen LogP contribution in [0.15, 0.2) is 42.9 Å². The fraction of sp³-hybridized carbons (Fsp3) is 0. The summed E-state index contributed by atoms with van der Waals surface area (Å²) in [5.74, 6) is 0. The number of aromatic nitrogens is 2. The van der Waals surface area contributed by atoms with E-state index < -0.39 is 6.03 Å². The van der Waals surface area contributed by atoms with Gasteiger partial charge in [-0.15, -0.1) is 0 Å². The van der Waals surface area contributed by atoms with Crippen LogP contribution in [0, 0.1) is 0 Å². The van der Waals surface area contributed by atoms with E-state index in [9.17, 15) is 4.79 Å². The zero-order valence-electron chi connectivity index (χ0n) is 8.42. The molecule has 0 atom stereocenters. The van der Waals surface area contributed by atoms with Crippen LogP contribution in [0.1, 0.15) is 0 Å². The van der Waals surface area contributed by atoms with Crippen molar-refractivity contribution in [3.8, 4) is 11.3 Å². The van der Waals surface area contributed by atoms with Crippen molar-refractivity contribution in [2.45, 2.75) is 0 Å². The Hall–Kier alpha value is -2.43. The summed E-state index contributed by atoms with van der Waals surface area (Å²) in [5, 5.41) is 2.51. The summed E-state index contributed by atoms with van der Waals surface area (Å²) in [5.41, 5.74) is 7.29. The van der Waals surface area contributed by atoms with E-state index in [4.69, 9.17) is 5.73 Å². The summed E-state index contributed by atoms with van der Waals surface area (Å²) in [7, 11) is 0. The molecule has 5 heteroatoms. The van der Waals surface area contributed by atoms with Crippen LogP contribution in [0.3, 0.4) is 0 Å². The third-order valence-electron chi connectivity index (χ3n) is 1.99. The number of nitrogens with one attached hydrogen (secondary N) is 1. The first-order chi connectivity index (χ1) is 7.75. The minimum Gasteiger partial charge on any atom is -0.351 e. The molecule has 3 N–H and O–H groups in total. The number of anilines is 1. The van der Waals surface area contributed by atoms with Gasteiger partial charge in [-0.25, -0.2) is 4.79 Å². The highest BCUT2D eigenvalue weighted by Gasteiger charge is 2.01. The zero-order chi connectivity index (χ0) is 11.4. The average molecular weight is 214 g/mol. The molecule has 0 bridgehead atoms. The fourth-order valence-electron chi connectivity index (χ4n) is 1.35. The van der Waals surface area contributed by atoms with Crippen molar-refractivity contribution in [3.05, 3.63) is 42.9 Å². The summed E-state index contributed by atoms with van der Waals surface area (Å²) >= 11 is 0. The number of amides is 2. The number of urea groups is 1. The van der Waals surface area contributed by atoms with Crippen molar-refractivity contribution < 1.29 is 4.79 Å². The van der Waals surface area contributed by atoms with Gasteiger partial charge in [0.05, 0.1) is 11.9 Å². The molecule has 2 aromatic rings. The number of primary amides is 1. The van der Waals surface area contributed by atoms with Crippen LogP contribution in [0.5, 0.6) is 0 Å². The molecule has 1 heterocycles. The van der Waals surface area contributed by atoms with E-state index in [1.165, 1.54) is 0 Å². The van der Waals surface area contributed by atoms with E-state index >= 15 is 0 Å². The second kappa shape index (κ2) is 4.39. The zero-order valence-corrected chi connectivity index (χ0v) is 8.42. The Morgan fingerprint density at radius 3 is 2.88 bits per heavy atom. The topological polar surface area (TPSA) is 80.9 Å². The molecule has 0 unspecified atom stereocenters. The number of carbonyl (C=O) groups is 1. The number of hydrogen-bond donors (Lipinski definition) is 2. The van der Waals surface area contributed by atoms with Gasteiger partial charge in [0.2, 0.25) is 0 Å². The summed E-state index contributed by atoms with van der Waals surface area (Å²) in [6.45, 7) is 0. The van der Waals surface area contributed by atoms with Crippen molar-refractivity contribution in [1.29, 1.82) is 0 Å². The monoisotopic (exact) mass is 214 g/mol. The Morgan fingerprint density at radius 2 is 2.19 bits per heavy atom. The van der Waals surface area contributed by atoms with Gasteiger partial charge in [-0.2, -0.15) is 0 Å². The summed E-state index contributed by atoms with van der Waals surface area (Å²) < 4.78 is 0. The molecule has 1 aromatic carbocycles.